The van der Waals surface area contributed by atoms with Crippen LogP contribution >= 0.6 is 0 Å². The van der Waals surface area contributed by atoms with E-state index in [1.807, 2.05) is 30.1 Å². The first-order chi connectivity index (χ1) is 9.18. The molecule has 0 spiro atoms. The summed E-state index contributed by atoms with van der Waals surface area (Å²) in [5, 5.41) is 6.65. The van der Waals surface area contributed by atoms with Gasteiger partial charge in [0.25, 0.3) is 5.91 Å². The molecule has 1 N–H and O–H groups in total. The van der Waals surface area contributed by atoms with Gasteiger partial charge in [-0.25, -0.2) is 14.6 Å². The van der Waals surface area contributed by atoms with E-state index in [1.165, 1.54) is 11.0 Å². The van der Waals surface area contributed by atoms with Crippen molar-refractivity contribution in [1.82, 2.24) is 25.1 Å². The topological polar surface area (TPSA) is 75.9 Å². The molecule has 0 fully saturated rings. The van der Waals surface area contributed by atoms with E-state index < -0.39 is 0 Å². The normalized spacial score (nSPS) is 10.2. The summed E-state index contributed by atoms with van der Waals surface area (Å²) in [6.45, 7) is 1.18. The number of hydrogen-bond acceptors (Lipinski definition) is 5. The van der Waals surface area contributed by atoms with Crippen molar-refractivity contribution in [1.29, 1.82) is 0 Å². The summed E-state index contributed by atoms with van der Waals surface area (Å²) >= 11 is 0. The third-order valence-electron chi connectivity index (χ3n) is 2.69. The number of nitrogens with zero attached hydrogens (tertiary/aromatic N) is 5. The molecule has 2 aromatic rings. The third kappa shape index (κ3) is 3.27. The molecule has 2 aromatic heterocycles. The van der Waals surface area contributed by atoms with Crippen LogP contribution in [0.1, 0.15) is 10.6 Å². The monoisotopic (exact) mass is 260 g/mol. The first-order valence-electron chi connectivity index (χ1n) is 5.93. The van der Waals surface area contributed by atoms with Gasteiger partial charge in [0.1, 0.15) is 12.1 Å². The summed E-state index contributed by atoms with van der Waals surface area (Å²) in [6, 6.07) is 5.72. The van der Waals surface area contributed by atoms with Crippen LogP contribution in [-0.2, 0) is 7.05 Å². The SMILES string of the molecule is CN(CCNC(=O)c1ncnn1C)c1ccccn1. The fourth-order valence-corrected chi connectivity index (χ4v) is 1.61. The Hall–Kier alpha value is -2.44. The molecule has 2 heterocycles. The fraction of sp³-hybridized carbons (Fsp3) is 0.333. The summed E-state index contributed by atoms with van der Waals surface area (Å²) in [5.74, 6) is 0.949. The number of carbonyl (C=O) groups excluding carboxylic acids is 1. The molecule has 0 unspecified atom stereocenters. The molecule has 0 atom stereocenters. The number of aromatic nitrogens is 4. The molecular weight excluding hydrogens is 244 g/mol. The van der Waals surface area contributed by atoms with E-state index >= 15 is 0 Å². The van der Waals surface area contributed by atoms with Crippen LogP contribution in [0, 0.1) is 0 Å². The van der Waals surface area contributed by atoms with Gasteiger partial charge in [0.15, 0.2) is 0 Å². The molecule has 0 aliphatic heterocycles. The number of anilines is 1. The van der Waals surface area contributed by atoms with Gasteiger partial charge in [-0.3, -0.25) is 4.79 Å². The Balaban J connectivity index is 1.81. The van der Waals surface area contributed by atoms with Gasteiger partial charge in [-0.05, 0) is 12.1 Å². The number of pyridine rings is 1. The molecule has 0 aliphatic rings. The summed E-state index contributed by atoms with van der Waals surface area (Å²) in [7, 11) is 3.61. The zero-order valence-corrected chi connectivity index (χ0v) is 10.9. The van der Waals surface area contributed by atoms with Crippen LogP contribution in [0.3, 0.4) is 0 Å². The molecule has 100 valence electrons. The second-order valence-corrected chi connectivity index (χ2v) is 4.07. The van der Waals surface area contributed by atoms with E-state index in [-0.39, 0.29) is 5.91 Å². The highest BCUT2D eigenvalue weighted by atomic mass is 16.2. The predicted molar refractivity (Wildman–Crippen MR) is 70.8 cm³/mol. The minimum atomic E-state index is -0.227. The number of amides is 1. The van der Waals surface area contributed by atoms with Crippen molar-refractivity contribution < 1.29 is 4.79 Å². The van der Waals surface area contributed by atoms with Gasteiger partial charge in [-0.15, -0.1) is 0 Å². The maximum Gasteiger partial charge on any atom is 0.288 e. The van der Waals surface area contributed by atoms with Crippen LogP contribution in [-0.4, -0.2) is 45.8 Å². The Morgan fingerprint density at radius 2 is 2.26 bits per heavy atom. The van der Waals surface area contributed by atoms with Gasteiger partial charge >= 0.3 is 0 Å². The molecule has 0 bridgehead atoms. The van der Waals surface area contributed by atoms with Crippen LogP contribution < -0.4 is 10.2 Å². The summed E-state index contributed by atoms with van der Waals surface area (Å²) < 4.78 is 1.44. The van der Waals surface area contributed by atoms with Crippen molar-refractivity contribution in [3.63, 3.8) is 0 Å². The molecule has 0 saturated carbocycles. The molecule has 2 rings (SSSR count). The van der Waals surface area contributed by atoms with Gasteiger partial charge in [0, 0.05) is 33.4 Å². The summed E-state index contributed by atoms with van der Waals surface area (Å²) in [4.78, 5) is 21.9. The van der Waals surface area contributed by atoms with Crippen molar-refractivity contribution in [2.45, 2.75) is 0 Å². The standard InChI is InChI=1S/C12H16N6O/c1-17(10-5-3-4-6-13-10)8-7-14-12(19)11-15-9-16-18(11)2/h3-6,9H,7-8H2,1-2H3,(H,14,19). The largest absolute Gasteiger partial charge is 0.358 e. The lowest BCUT2D eigenvalue weighted by atomic mass is 10.4. The Bertz CT molecular complexity index is 538. The van der Waals surface area contributed by atoms with Gasteiger partial charge in [0.05, 0.1) is 0 Å². The molecule has 1 amide bonds. The number of nitrogens with one attached hydrogen (secondary N) is 1. The van der Waals surface area contributed by atoms with Gasteiger partial charge < -0.3 is 10.2 Å². The van der Waals surface area contributed by atoms with Gasteiger partial charge in [0.2, 0.25) is 5.82 Å². The lowest BCUT2D eigenvalue weighted by molar-refractivity contribution is 0.0940. The Kier molecular flexibility index (Phi) is 4.07. The first kappa shape index (κ1) is 13.0. The van der Waals surface area contributed by atoms with E-state index in [2.05, 4.69) is 20.4 Å². The number of aryl methyl sites for hydroxylation is 1. The second-order valence-electron chi connectivity index (χ2n) is 4.07. The van der Waals surface area contributed by atoms with Crippen molar-refractivity contribution in [2.75, 3.05) is 25.0 Å². The number of likely N-dealkylation sites (N-methyl/N-ethyl adjacent to an activating group) is 1. The third-order valence-corrected chi connectivity index (χ3v) is 2.69. The van der Waals surface area contributed by atoms with Crippen LogP contribution in [0.2, 0.25) is 0 Å². The highest BCUT2D eigenvalue weighted by Gasteiger charge is 2.11. The van der Waals surface area contributed by atoms with Crippen LogP contribution in [0.15, 0.2) is 30.7 Å². The van der Waals surface area contributed by atoms with Crippen LogP contribution in [0.4, 0.5) is 5.82 Å². The summed E-state index contributed by atoms with van der Waals surface area (Å²) in [6.07, 6.45) is 3.10. The highest BCUT2D eigenvalue weighted by Crippen LogP contribution is 2.05. The maximum atomic E-state index is 11.8. The van der Waals surface area contributed by atoms with E-state index in [9.17, 15) is 4.79 Å². The Morgan fingerprint density at radius 3 is 2.89 bits per heavy atom. The molecule has 0 aliphatic carbocycles. The predicted octanol–water partition coefficient (Wildman–Crippen LogP) is 0.0763. The van der Waals surface area contributed by atoms with Gasteiger partial charge in [-0.2, -0.15) is 5.10 Å². The lowest BCUT2D eigenvalue weighted by Crippen LogP contribution is -2.34. The number of carbonyl (C=O) groups is 1. The maximum absolute atomic E-state index is 11.8. The van der Waals surface area contributed by atoms with E-state index in [0.29, 0.717) is 18.9 Å². The minimum Gasteiger partial charge on any atom is -0.358 e. The number of hydrogen-bond donors (Lipinski definition) is 1. The van der Waals surface area contributed by atoms with Crippen molar-refractivity contribution >= 4 is 11.7 Å². The highest BCUT2D eigenvalue weighted by molar-refractivity contribution is 5.90. The average molecular weight is 260 g/mol. The average Bonchev–Trinajstić information content (AvgIpc) is 2.86. The molecule has 0 aromatic carbocycles. The van der Waals surface area contributed by atoms with E-state index in [1.54, 1.807) is 13.2 Å². The molecule has 0 radical (unpaired) electrons. The molecular formula is C12H16N6O. The fourth-order valence-electron chi connectivity index (χ4n) is 1.61. The van der Waals surface area contributed by atoms with E-state index in [0.717, 1.165) is 5.82 Å². The van der Waals surface area contributed by atoms with E-state index in [4.69, 9.17) is 0 Å². The number of rotatable bonds is 5. The zero-order chi connectivity index (χ0) is 13.7. The Morgan fingerprint density at radius 1 is 1.42 bits per heavy atom. The van der Waals surface area contributed by atoms with Crippen LogP contribution in [0.5, 0.6) is 0 Å². The quantitative estimate of drug-likeness (QED) is 0.823. The molecule has 19 heavy (non-hydrogen) atoms. The van der Waals surface area contributed by atoms with Crippen LogP contribution in [0.25, 0.3) is 0 Å². The lowest BCUT2D eigenvalue weighted by Gasteiger charge is -2.17. The summed E-state index contributed by atoms with van der Waals surface area (Å²) in [5.41, 5.74) is 0. The minimum absolute atomic E-state index is 0.227. The smallest absolute Gasteiger partial charge is 0.288 e. The second kappa shape index (κ2) is 5.94. The Labute approximate surface area is 111 Å². The first-order valence-corrected chi connectivity index (χ1v) is 5.93. The van der Waals surface area contributed by atoms with Crippen molar-refractivity contribution in [3.8, 4) is 0 Å². The van der Waals surface area contributed by atoms with Crippen molar-refractivity contribution in [2.24, 2.45) is 7.05 Å². The molecule has 7 nitrogen and oxygen atoms in total. The molecule has 0 saturated heterocycles. The van der Waals surface area contributed by atoms with Gasteiger partial charge in [-0.1, -0.05) is 6.07 Å². The van der Waals surface area contributed by atoms with Crippen molar-refractivity contribution in [3.05, 3.63) is 36.5 Å². The zero-order valence-electron chi connectivity index (χ0n) is 10.9. The molecule has 7 heteroatoms.